The highest BCUT2D eigenvalue weighted by Crippen LogP contribution is 2.16. The van der Waals surface area contributed by atoms with Crippen molar-refractivity contribution in [1.29, 1.82) is 0 Å². The third-order valence-electron chi connectivity index (χ3n) is 4.06. The molecular weight excluding hydrogens is 368 g/mol. The summed E-state index contributed by atoms with van der Waals surface area (Å²) in [5.74, 6) is 0.184. The lowest BCUT2D eigenvalue weighted by atomic mass is 10.2. The Morgan fingerprint density at radius 1 is 1.15 bits per heavy atom. The molecule has 0 spiro atoms. The van der Waals surface area contributed by atoms with Crippen LogP contribution in [0.25, 0.3) is 11.0 Å². The van der Waals surface area contributed by atoms with E-state index in [1.165, 1.54) is 0 Å². The largest absolute Gasteiger partial charge is 0.490 e. The van der Waals surface area contributed by atoms with Crippen molar-refractivity contribution >= 4 is 28.6 Å². The molecule has 0 aliphatic rings. The van der Waals surface area contributed by atoms with Gasteiger partial charge in [0.15, 0.2) is 0 Å². The zero-order valence-electron chi connectivity index (χ0n) is 15.1. The number of rotatable bonds is 6. The number of ether oxygens (including phenoxy) is 2. The number of nitrogens with zero attached hydrogens (tertiary/aromatic N) is 2. The first-order valence-corrected chi connectivity index (χ1v) is 8.94. The van der Waals surface area contributed by atoms with Gasteiger partial charge in [-0.25, -0.2) is 9.78 Å². The van der Waals surface area contributed by atoms with E-state index < -0.39 is 5.97 Å². The SMILES string of the molecule is CCn1c(=O)c(C)nc2cc(C(=O)OCCOc3ccc(Cl)cc3)ccc21. The summed E-state index contributed by atoms with van der Waals surface area (Å²) in [6.45, 7) is 4.43. The van der Waals surface area contributed by atoms with Gasteiger partial charge in [0.05, 0.1) is 16.6 Å². The van der Waals surface area contributed by atoms with Crippen molar-refractivity contribution in [2.75, 3.05) is 13.2 Å². The minimum absolute atomic E-state index is 0.112. The van der Waals surface area contributed by atoms with Crippen LogP contribution in [-0.4, -0.2) is 28.7 Å². The predicted molar refractivity (Wildman–Crippen MR) is 104 cm³/mol. The fourth-order valence-electron chi connectivity index (χ4n) is 2.72. The lowest BCUT2D eigenvalue weighted by Crippen LogP contribution is -2.23. The number of benzene rings is 2. The minimum Gasteiger partial charge on any atom is -0.490 e. The monoisotopic (exact) mass is 386 g/mol. The average molecular weight is 387 g/mol. The van der Waals surface area contributed by atoms with Crippen LogP contribution in [0, 0.1) is 6.92 Å². The van der Waals surface area contributed by atoms with Crippen LogP contribution >= 0.6 is 11.6 Å². The second-order valence-electron chi connectivity index (χ2n) is 5.89. The molecule has 1 aromatic heterocycles. The zero-order chi connectivity index (χ0) is 19.4. The van der Waals surface area contributed by atoms with E-state index in [-0.39, 0.29) is 18.8 Å². The van der Waals surface area contributed by atoms with Gasteiger partial charge < -0.3 is 14.0 Å². The maximum absolute atomic E-state index is 12.3. The van der Waals surface area contributed by atoms with Crippen LogP contribution in [0.4, 0.5) is 0 Å². The molecule has 0 saturated heterocycles. The van der Waals surface area contributed by atoms with E-state index in [0.717, 1.165) is 0 Å². The molecule has 27 heavy (non-hydrogen) atoms. The van der Waals surface area contributed by atoms with Crippen LogP contribution in [0.2, 0.25) is 5.02 Å². The average Bonchev–Trinajstić information content (AvgIpc) is 2.67. The maximum atomic E-state index is 12.3. The van der Waals surface area contributed by atoms with Crippen LogP contribution in [0.3, 0.4) is 0 Å². The van der Waals surface area contributed by atoms with Crippen molar-refractivity contribution in [3.63, 3.8) is 0 Å². The minimum atomic E-state index is -0.467. The number of aryl methyl sites for hydroxylation is 2. The van der Waals surface area contributed by atoms with Crippen molar-refractivity contribution < 1.29 is 14.3 Å². The number of esters is 1. The molecule has 7 heteroatoms. The van der Waals surface area contributed by atoms with E-state index in [2.05, 4.69) is 4.98 Å². The fraction of sp³-hybridized carbons (Fsp3) is 0.250. The molecular formula is C20H19ClN2O4. The third-order valence-corrected chi connectivity index (χ3v) is 4.31. The second-order valence-corrected chi connectivity index (χ2v) is 6.32. The normalized spacial score (nSPS) is 10.8. The first kappa shape index (κ1) is 18.9. The van der Waals surface area contributed by atoms with Crippen molar-refractivity contribution in [1.82, 2.24) is 9.55 Å². The molecule has 0 aliphatic heterocycles. The Balaban J connectivity index is 1.66. The number of hydrogen-bond donors (Lipinski definition) is 0. The summed E-state index contributed by atoms with van der Waals surface area (Å²) in [5.41, 5.74) is 1.92. The molecule has 3 rings (SSSR count). The van der Waals surface area contributed by atoms with Crippen molar-refractivity contribution in [2.24, 2.45) is 0 Å². The van der Waals surface area contributed by atoms with Gasteiger partial charge in [0.2, 0.25) is 0 Å². The number of hydrogen-bond acceptors (Lipinski definition) is 5. The van der Waals surface area contributed by atoms with Gasteiger partial charge in [-0.05, 0) is 56.3 Å². The van der Waals surface area contributed by atoms with Crippen molar-refractivity contribution in [2.45, 2.75) is 20.4 Å². The predicted octanol–water partition coefficient (Wildman–Crippen LogP) is 3.61. The Morgan fingerprint density at radius 3 is 2.59 bits per heavy atom. The van der Waals surface area contributed by atoms with Gasteiger partial charge in [0, 0.05) is 11.6 Å². The summed E-state index contributed by atoms with van der Waals surface area (Å²) in [6, 6.07) is 11.9. The molecule has 140 valence electrons. The Morgan fingerprint density at radius 2 is 1.89 bits per heavy atom. The first-order chi connectivity index (χ1) is 13.0. The van der Waals surface area contributed by atoms with E-state index in [4.69, 9.17) is 21.1 Å². The van der Waals surface area contributed by atoms with Crippen molar-refractivity contribution in [3.8, 4) is 5.75 Å². The summed E-state index contributed by atoms with van der Waals surface area (Å²) < 4.78 is 12.4. The number of carbonyl (C=O) groups is 1. The van der Waals surface area contributed by atoms with E-state index >= 15 is 0 Å². The number of aromatic nitrogens is 2. The molecule has 0 fully saturated rings. The molecule has 6 nitrogen and oxygen atoms in total. The third kappa shape index (κ3) is 4.28. The van der Waals surface area contributed by atoms with E-state index in [0.29, 0.717) is 39.6 Å². The van der Waals surface area contributed by atoms with Crippen LogP contribution < -0.4 is 10.3 Å². The Labute approximate surface area is 161 Å². The van der Waals surface area contributed by atoms with Gasteiger partial charge >= 0.3 is 5.97 Å². The summed E-state index contributed by atoms with van der Waals surface area (Å²) >= 11 is 5.81. The molecule has 0 atom stereocenters. The van der Waals surface area contributed by atoms with E-state index in [1.54, 1.807) is 54.0 Å². The Hall–Kier alpha value is -2.86. The standard InChI is InChI=1S/C20H19ClN2O4/c1-3-23-18-9-4-14(12-17(18)22-13(2)19(23)24)20(25)27-11-10-26-16-7-5-15(21)6-8-16/h4-9,12H,3,10-11H2,1-2H3. The van der Waals surface area contributed by atoms with Crippen LogP contribution in [0.1, 0.15) is 23.0 Å². The molecule has 2 aromatic carbocycles. The summed E-state index contributed by atoms with van der Waals surface area (Å²) in [5, 5.41) is 0.627. The highest BCUT2D eigenvalue weighted by atomic mass is 35.5. The fourth-order valence-corrected chi connectivity index (χ4v) is 2.85. The summed E-state index contributed by atoms with van der Waals surface area (Å²) in [7, 11) is 0. The van der Waals surface area contributed by atoms with Crippen LogP contribution in [0.5, 0.6) is 5.75 Å². The molecule has 0 unspecified atom stereocenters. The highest BCUT2D eigenvalue weighted by Gasteiger charge is 2.12. The first-order valence-electron chi connectivity index (χ1n) is 8.56. The number of fused-ring (bicyclic) bond motifs is 1. The van der Waals surface area contributed by atoms with Gasteiger partial charge in [0.25, 0.3) is 5.56 Å². The molecule has 0 saturated carbocycles. The molecule has 0 radical (unpaired) electrons. The molecule has 0 aliphatic carbocycles. The molecule has 3 aromatic rings. The smallest absolute Gasteiger partial charge is 0.338 e. The van der Waals surface area contributed by atoms with Gasteiger partial charge in [-0.3, -0.25) is 4.79 Å². The van der Waals surface area contributed by atoms with Crippen LogP contribution in [0.15, 0.2) is 47.3 Å². The zero-order valence-corrected chi connectivity index (χ0v) is 15.8. The van der Waals surface area contributed by atoms with Gasteiger partial charge in [-0.2, -0.15) is 0 Å². The van der Waals surface area contributed by atoms with Gasteiger partial charge in [-0.1, -0.05) is 11.6 Å². The highest BCUT2D eigenvalue weighted by molar-refractivity contribution is 6.30. The van der Waals surface area contributed by atoms with E-state index in [1.807, 2.05) is 6.92 Å². The van der Waals surface area contributed by atoms with Gasteiger partial charge in [-0.15, -0.1) is 0 Å². The Bertz CT molecular complexity index is 1030. The lowest BCUT2D eigenvalue weighted by Gasteiger charge is -2.10. The topological polar surface area (TPSA) is 70.4 Å². The number of carbonyl (C=O) groups excluding carboxylic acids is 1. The summed E-state index contributed by atoms with van der Waals surface area (Å²) in [4.78, 5) is 28.7. The quantitative estimate of drug-likeness (QED) is 0.478. The number of halogens is 1. The second kappa shape index (κ2) is 8.22. The van der Waals surface area contributed by atoms with Crippen molar-refractivity contribution in [3.05, 3.63) is 69.1 Å². The van der Waals surface area contributed by atoms with Gasteiger partial charge in [0.1, 0.15) is 24.7 Å². The molecule has 0 amide bonds. The van der Waals surface area contributed by atoms with Crippen LogP contribution in [-0.2, 0) is 11.3 Å². The maximum Gasteiger partial charge on any atom is 0.338 e. The molecule has 0 N–H and O–H groups in total. The summed E-state index contributed by atoms with van der Waals surface area (Å²) in [6.07, 6.45) is 0. The molecule has 1 heterocycles. The Kier molecular flexibility index (Phi) is 5.76. The molecule has 0 bridgehead atoms. The van der Waals surface area contributed by atoms with E-state index in [9.17, 15) is 9.59 Å². The lowest BCUT2D eigenvalue weighted by molar-refractivity contribution is 0.0450.